The summed E-state index contributed by atoms with van der Waals surface area (Å²) in [5, 5.41) is 3.10. The Hall–Kier alpha value is -0.840. The molecular formula is C15H20N2S2. The Morgan fingerprint density at radius 1 is 1.21 bits per heavy atom. The lowest BCUT2D eigenvalue weighted by Crippen LogP contribution is -2.14. The van der Waals surface area contributed by atoms with Gasteiger partial charge in [-0.1, -0.05) is 32.9 Å². The van der Waals surface area contributed by atoms with Crippen molar-refractivity contribution in [2.24, 2.45) is 5.73 Å². The Morgan fingerprint density at radius 3 is 2.32 bits per heavy atom. The van der Waals surface area contributed by atoms with Crippen LogP contribution in [0.4, 0.5) is 0 Å². The molecule has 0 aliphatic carbocycles. The molecule has 1 aromatic carbocycles. The summed E-state index contributed by atoms with van der Waals surface area (Å²) < 4.78 is 0. The number of nitrogens with zero attached hydrogens (tertiary/aromatic N) is 1. The van der Waals surface area contributed by atoms with Crippen LogP contribution in [0.2, 0.25) is 0 Å². The van der Waals surface area contributed by atoms with Crippen LogP contribution in [0.1, 0.15) is 43.1 Å². The highest BCUT2D eigenvalue weighted by Crippen LogP contribution is 2.29. The second-order valence-electron chi connectivity index (χ2n) is 5.57. The van der Waals surface area contributed by atoms with E-state index in [0.717, 1.165) is 16.3 Å². The van der Waals surface area contributed by atoms with Gasteiger partial charge in [0.15, 0.2) is 0 Å². The predicted molar refractivity (Wildman–Crippen MR) is 85.1 cm³/mol. The molecule has 1 atom stereocenters. The lowest BCUT2D eigenvalue weighted by molar-refractivity contribution is 0.569. The molecule has 102 valence electrons. The van der Waals surface area contributed by atoms with E-state index in [-0.39, 0.29) is 11.5 Å². The number of rotatable bonds is 3. The Kier molecular flexibility index (Phi) is 4.33. The van der Waals surface area contributed by atoms with Crippen molar-refractivity contribution in [3.8, 4) is 0 Å². The van der Waals surface area contributed by atoms with Crippen LogP contribution in [0.15, 0.2) is 34.5 Å². The van der Waals surface area contributed by atoms with Gasteiger partial charge in [0.1, 0.15) is 5.01 Å². The van der Waals surface area contributed by atoms with Gasteiger partial charge in [0.05, 0.1) is 11.7 Å². The number of nitrogens with two attached hydrogens (primary N) is 1. The van der Waals surface area contributed by atoms with E-state index in [1.165, 1.54) is 4.90 Å². The summed E-state index contributed by atoms with van der Waals surface area (Å²) in [6, 6.07) is 8.27. The van der Waals surface area contributed by atoms with E-state index >= 15 is 0 Å². The second kappa shape index (κ2) is 5.65. The topological polar surface area (TPSA) is 38.9 Å². The van der Waals surface area contributed by atoms with Crippen molar-refractivity contribution >= 4 is 23.1 Å². The molecular weight excluding hydrogens is 272 g/mol. The van der Waals surface area contributed by atoms with Gasteiger partial charge in [-0.25, -0.2) is 4.98 Å². The van der Waals surface area contributed by atoms with Gasteiger partial charge >= 0.3 is 0 Å². The molecule has 1 heterocycles. The molecule has 2 N–H and O–H groups in total. The van der Waals surface area contributed by atoms with Crippen molar-refractivity contribution < 1.29 is 0 Å². The first-order valence-corrected chi connectivity index (χ1v) is 8.37. The molecule has 0 saturated carbocycles. The van der Waals surface area contributed by atoms with Crippen LogP contribution in [-0.2, 0) is 5.41 Å². The standard InChI is InChI=1S/C15H20N2S2/c1-15(2,3)12-9-19-14(17-12)13(16)10-5-7-11(18-4)8-6-10/h5-9,13H,16H2,1-4H3. The first kappa shape index (κ1) is 14.6. The van der Waals surface area contributed by atoms with E-state index in [4.69, 9.17) is 5.73 Å². The summed E-state index contributed by atoms with van der Waals surface area (Å²) in [5.41, 5.74) is 8.62. The smallest absolute Gasteiger partial charge is 0.114 e. The summed E-state index contributed by atoms with van der Waals surface area (Å²) in [6.07, 6.45) is 2.07. The van der Waals surface area contributed by atoms with Crippen molar-refractivity contribution in [1.29, 1.82) is 0 Å². The molecule has 4 heteroatoms. The third kappa shape index (κ3) is 3.38. The normalized spacial score (nSPS) is 13.5. The Morgan fingerprint density at radius 2 is 1.84 bits per heavy atom. The molecule has 0 aliphatic rings. The Bertz CT molecular complexity index is 538. The molecule has 0 saturated heterocycles. The van der Waals surface area contributed by atoms with E-state index in [0.29, 0.717) is 0 Å². The third-order valence-corrected chi connectivity index (χ3v) is 4.70. The quantitative estimate of drug-likeness (QED) is 0.861. The van der Waals surface area contributed by atoms with Crippen LogP contribution in [0.5, 0.6) is 0 Å². The van der Waals surface area contributed by atoms with Crippen molar-refractivity contribution in [3.05, 3.63) is 45.9 Å². The van der Waals surface area contributed by atoms with Crippen LogP contribution >= 0.6 is 23.1 Å². The molecule has 0 amide bonds. The average molecular weight is 292 g/mol. The van der Waals surface area contributed by atoms with Gasteiger partial charge in [-0.15, -0.1) is 23.1 Å². The molecule has 2 rings (SSSR count). The number of thioether (sulfide) groups is 1. The molecule has 2 aromatic rings. The van der Waals surface area contributed by atoms with Crippen molar-refractivity contribution in [2.45, 2.75) is 37.1 Å². The van der Waals surface area contributed by atoms with Crippen LogP contribution in [0, 0.1) is 0 Å². The minimum absolute atomic E-state index is 0.0805. The fraction of sp³-hybridized carbons (Fsp3) is 0.400. The average Bonchev–Trinajstić information content (AvgIpc) is 2.87. The van der Waals surface area contributed by atoms with Crippen LogP contribution < -0.4 is 5.73 Å². The molecule has 0 spiro atoms. The third-order valence-electron chi connectivity index (χ3n) is 3.03. The van der Waals surface area contributed by atoms with Crippen LogP contribution in [0.25, 0.3) is 0 Å². The predicted octanol–water partition coefficient (Wildman–Crippen LogP) is 4.21. The van der Waals surface area contributed by atoms with Gasteiger partial charge in [-0.2, -0.15) is 0 Å². The lowest BCUT2D eigenvalue weighted by atomic mass is 9.93. The molecule has 19 heavy (non-hydrogen) atoms. The van der Waals surface area contributed by atoms with Gasteiger partial charge in [0.2, 0.25) is 0 Å². The highest BCUT2D eigenvalue weighted by Gasteiger charge is 2.20. The largest absolute Gasteiger partial charge is 0.318 e. The monoisotopic (exact) mass is 292 g/mol. The number of hydrogen-bond donors (Lipinski definition) is 1. The number of hydrogen-bond acceptors (Lipinski definition) is 4. The fourth-order valence-electron chi connectivity index (χ4n) is 1.73. The van der Waals surface area contributed by atoms with Crippen molar-refractivity contribution in [1.82, 2.24) is 4.98 Å². The van der Waals surface area contributed by atoms with Crippen LogP contribution in [-0.4, -0.2) is 11.2 Å². The number of thiazole rings is 1. The van der Waals surface area contributed by atoms with E-state index in [2.05, 4.69) is 61.7 Å². The van der Waals surface area contributed by atoms with E-state index < -0.39 is 0 Å². The maximum atomic E-state index is 6.31. The summed E-state index contributed by atoms with van der Waals surface area (Å²) >= 11 is 3.39. The summed E-state index contributed by atoms with van der Waals surface area (Å²) in [6.45, 7) is 6.51. The highest BCUT2D eigenvalue weighted by atomic mass is 32.2. The molecule has 0 fully saturated rings. The van der Waals surface area contributed by atoms with Gasteiger partial charge in [-0.3, -0.25) is 0 Å². The Balaban J connectivity index is 2.23. The van der Waals surface area contributed by atoms with Gasteiger partial charge < -0.3 is 5.73 Å². The number of aromatic nitrogens is 1. The first-order chi connectivity index (χ1) is 8.91. The molecule has 1 aromatic heterocycles. The molecule has 1 unspecified atom stereocenters. The van der Waals surface area contributed by atoms with E-state index in [9.17, 15) is 0 Å². The van der Waals surface area contributed by atoms with Gasteiger partial charge in [0, 0.05) is 15.7 Å². The van der Waals surface area contributed by atoms with E-state index in [1.54, 1.807) is 23.1 Å². The minimum Gasteiger partial charge on any atom is -0.318 e. The zero-order valence-corrected chi connectivity index (χ0v) is 13.4. The molecule has 2 nitrogen and oxygen atoms in total. The van der Waals surface area contributed by atoms with Gasteiger partial charge in [0.25, 0.3) is 0 Å². The first-order valence-electron chi connectivity index (χ1n) is 6.27. The van der Waals surface area contributed by atoms with Crippen molar-refractivity contribution in [2.75, 3.05) is 6.26 Å². The maximum absolute atomic E-state index is 6.31. The minimum atomic E-state index is -0.128. The molecule has 0 aliphatic heterocycles. The summed E-state index contributed by atoms with van der Waals surface area (Å²) in [5.74, 6) is 0. The highest BCUT2D eigenvalue weighted by molar-refractivity contribution is 7.98. The van der Waals surface area contributed by atoms with E-state index in [1.807, 2.05) is 0 Å². The summed E-state index contributed by atoms with van der Waals surface area (Å²) in [4.78, 5) is 5.94. The Labute approximate surface area is 123 Å². The zero-order valence-electron chi connectivity index (χ0n) is 11.8. The number of benzene rings is 1. The SMILES string of the molecule is CSc1ccc(C(N)c2nc(C(C)(C)C)cs2)cc1. The zero-order chi connectivity index (χ0) is 14.0. The van der Waals surface area contributed by atoms with Crippen molar-refractivity contribution in [3.63, 3.8) is 0 Å². The lowest BCUT2D eigenvalue weighted by Gasteiger charge is -2.15. The maximum Gasteiger partial charge on any atom is 0.114 e. The summed E-state index contributed by atoms with van der Waals surface area (Å²) in [7, 11) is 0. The molecule has 0 radical (unpaired) electrons. The fourth-order valence-corrected chi connectivity index (χ4v) is 3.21. The van der Waals surface area contributed by atoms with Crippen LogP contribution in [0.3, 0.4) is 0 Å². The second-order valence-corrected chi connectivity index (χ2v) is 7.34. The van der Waals surface area contributed by atoms with Gasteiger partial charge in [-0.05, 0) is 24.0 Å². The molecule has 0 bridgehead atoms.